The standard InChI is InChI=1S/C23H30F3N5O3/c1-22(2,3)34-21(33)30-12-23(26,13-30)11-29-6-4-16(5-7-29)31-10-15-8-19(27-14-32)17(20(24)25)9-18(15)28-31/h8-10,14,16,20H,4-7,11-13H2,1-3H3,(H,27,32). The summed E-state index contributed by atoms with van der Waals surface area (Å²) in [5.41, 5.74) is -1.82. The Kier molecular flexibility index (Phi) is 6.50. The molecule has 4 rings (SSSR count). The molecule has 8 nitrogen and oxygen atoms in total. The van der Waals surface area contributed by atoms with Gasteiger partial charge in [-0.3, -0.25) is 14.4 Å². The number of aromatic nitrogens is 2. The molecule has 2 saturated heterocycles. The first kappa shape index (κ1) is 24.3. The average Bonchev–Trinajstić information content (AvgIpc) is 3.13. The van der Waals surface area contributed by atoms with Crippen LogP contribution < -0.4 is 5.32 Å². The van der Waals surface area contributed by atoms with Gasteiger partial charge in [-0.1, -0.05) is 0 Å². The molecule has 2 aromatic rings. The number of likely N-dealkylation sites (tertiary alicyclic amines) is 2. The molecule has 11 heteroatoms. The van der Waals surface area contributed by atoms with Crippen molar-refractivity contribution in [2.75, 3.05) is 38.0 Å². The van der Waals surface area contributed by atoms with Crippen LogP contribution in [0.1, 0.15) is 51.6 Å². The van der Waals surface area contributed by atoms with Crippen LogP contribution in [0.15, 0.2) is 18.3 Å². The van der Waals surface area contributed by atoms with E-state index in [0.717, 1.165) is 12.8 Å². The molecule has 1 aromatic carbocycles. The van der Waals surface area contributed by atoms with Crippen molar-refractivity contribution in [3.63, 3.8) is 0 Å². The fraction of sp³-hybridized carbons (Fsp3) is 0.609. The Morgan fingerprint density at radius 2 is 1.97 bits per heavy atom. The van der Waals surface area contributed by atoms with E-state index in [9.17, 15) is 18.4 Å². The van der Waals surface area contributed by atoms with E-state index in [1.807, 2.05) is 4.90 Å². The predicted molar refractivity (Wildman–Crippen MR) is 121 cm³/mol. The van der Waals surface area contributed by atoms with Crippen LogP contribution in [0.25, 0.3) is 10.9 Å². The molecule has 0 unspecified atom stereocenters. The largest absolute Gasteiger partial charge is 0.444 e. The minimum Gasteiger partial charge on any atom is -0.444 e. The van der Waals surface area contributed by atoms with E-state index >= 15 is 4.39 Å². The van der Waals surface area contributed by atoms with E-state index in [2.05, 4.69) is 10.4 Å². The number of nitrogens with zero attached hydrogens (tertiary/aromatic N) is 4. The Balaban J connectivity index is 1.33. The van der Waals surface area contributed by atoms with Crippen LogP contribution in [0.5, 0.6) is 0 Å². The number of piperidine rings is 1. The SMILES string of the molecule is CC(C)(C)OC(=O)N1CC(F)(CN2CCC(n3cc4cc(NC=O)c(C(F)F)cc4n3)CC2)C1. The third-order valence-electron chi connectivity index (χ3n) is 6.18. The number of amides is 2. The predicted octanol–water partition coefficient (Wildman–Crippen LogP) is 4.14. The molecule has 2 amide bonds. The summed E-state index contributed by atoms with van der Waals surface area (Å²) in [6, 6.07) is 2.87. The van der Waals surface area contributed by atoms with Gasteiger partial charge in [0.15, 0.2) is 5.67 Å². The number of fused-ring (bicyclic) bond motifs is 1. The quantitative estimate of drug-likeness (QED) is 0.628. The fourth-order valence-corrected chi connectivity index (χ4v) is 4.60. The number of rotatable bonds is 6. The zero-order chi connectivity index (χ0) is 24.7. The Morgan fingerprint density at radius 1 is 1.29 bits per heavy atom. The second-order valence-electron chi connectivity index (χ2n) is 10.2. The molecular formula is C23H30F3N5O3. The highest BCUT2D eigenvalue weighted by Crippen LogP contribution is 2.34. The number of hydrogen-bond acceptors (Lipinski definition) is 5. The first-order valence-corrected chi connectivity index (χ1v) is 11.4. The minimum atomic E-state index is -2.73. The molecule has 1 aromatic heterocycles. The van der Waals surface area contributed by atoms with Gasteiger partial charge in [0, 0.05) is 36.8 Å². The second kappa shape index (κ2) is 9.09. The average molecular weight is 482 g/mol. The molecule has 1 N–H and O–H groups in total. The van der Waals surface area contributed by atoms with Gasteiger partial charge in [-0.15, -0.1) is 0 Å². The van der Waals surface area contributed by atoms with E-state index in [-0.39, 0.29) is 36.9 Å². The van der Waals surface area contributed by atoms with Gasteiger partial charge < -0.3 is 15.0 Å². The Labute approximate surface area is 196 Å². The molecular weight excluding hydrogens is 451 g/mol. The molecule has 0 radical (unpaired) electrons. The Bertz CT molecular complexity index is 1050. The second-order valence-corrected chi connectivity index (χ2v) is 10.2. The van der Waals surface area contributed by atoms with Crippen LogP contribution in [0.3, 0.4) is 0 Å². The van der Waals surface area contributed by atoms with Crippen LogP contribution in [-0.2, 0) is 9.53 Å². The highest BCUT2D eigenvalue weighted by atomic mass is 19.3. The van der Waals surface area contributed by atoms with Crippen molar-refractivity contribution < 1.29 is 27.5 Å². The number of ether oxygens (including phenoxy) is 1. The van der Waals surface area contributed by atoms with Gasteiger partial charge in [-0.05, 0) is 45.7 Å². The number of carbonyl (C=O) groups is 2. The van der Waals surface area contributed by atoms with Crippen LogP contribution >= 0.6 is 0 Å². The number of alkyl halides is 3. The van der Waals surface area contributed by atoms with Crippen LogP contribution in [0.2, 0.25) is 0 Å². The number of anilines is 1. The summed E-state index contributed by atoms with van der Waals surface area (Å²) in [6.45, 7) is 6.96. The lowest BCUT2D eigenvalue weighted by Gasteiger charge is -2.47. The van der Waals surface area contributed by atoms with Gasteiger partial charge in [0.1, 0.15) is 5.60 Å². The summed E-state index contributed by atoms with van der Waals surface area (Å²) in [4.78, 5) is 26.3. The van der Waals surface area contributed by atoms with Gasteiger partial charge in [-0.2, -0.15) is 5.10 Å². The van der Waals surface area contributed by atoms with Crippen molar-refractivity contribution in [3.8, 4) is 0 Å². The lowest BCUT2D eigenvalue weighted by molar-refractivity contribution is -0.105. The molecule has 2 aliphatic rings. The highest BCUT2D eigenvalue weighted by Gasteiger charge is 2.48. The zero-order valence-electron chi connectivity index (χ0n) is 19.6. The first-order chi connectivity index (χ1) is 16.0. The van der Waals surface area contributed by atoms with E-state index < -0.39 is 23.8 Å². The van der Waals surface area contributed by atoms with Crippen LogP contribution in [0.4, 0.5) is 23.7 Å². The van der Waals surface area contributed by atoms with E-state index in [4.69, 9.17) is 4.74 Å². The van der Waals surface area contributed by atoms with E-state index in [1.54, 1.807) is 31.6 Å². The van der Waals surface area contributed by atoms with Gasteiger partial charge in [0.2, 0.25) is 6.41 Å². The van der Waals surface area contributed by atoms with Crippen molar-refractivity contribution >= 4 is 29.1 Å². The van der Waals surface area contributed by atoms with Gasteiger partial charge >= 0.3 is 6.09 Å². The third-order valence-corrected chi connectivity index (χ3v) is 6.18. The third kappa shape index (κ3) is 5.29. The van der Waals surface area contributed by atoms with Crippen molar-refractivity contribution in [1.29, 1.82) is 0 Å². The van der Waals surface area contributed by atoms with Crippen LogP contribution in [-0.4, -0.2) is 76.1 Å². The van der Waals surface area contributed by atoms with Crippen LogP contribution in [0, 0.1) is 0 Å². The first-order valence-electron chi connectivity index (χ1n) is 11.4. The summed E-state index contributed by atoms with van der Waals surface area (Å²) in [5, 5.41) is 7.47. The van der Waals surface area contributed by atoms with Gasteiger partial charge in [-0.25, -0.2) is 18.0 Å². The summed E-state index contributed by atoms with van der Waals surface area (Å²) in [5.74, 6) is 0. The molecule has 0 aliphatic carbocycles. The summed E-state index contributed by atoms with van der Waals surface area (Å²) in [6.07, 6.45) is 0.418. The maximum Gasteiger partial charge on any atom is 0.410 e. The lowest BCUT2D eigenvalue weighted by atomic mass is 9.94. The number of hydrogen-bond donors (Lipinski definition) is 1. The number of carbonyl (C=O) groups excluding carboxylic acids is 2. The molecule has 0 atom stereocenters. The molecule has 0 bridgehead atoms. The molecule has 2 aliphatic heterocycles. The molecule has 2 fully saturated rings. The molecule has 186 valence electrons. The number of halogens is 3. The van der Waals surface area contributed by atoms with Crippen molar-refractivity contribution in [3.05, 3.63) is 23.9 Å². The lowest BCUT2D eigenvalue weighted by Crippen LogP contribution is -2.65. The Morgan fingerprint density at radius 3 is 2.56 bits per heavy atom. The van der Waals surface area contributed by atoms with Crippen molar-refractivity contribution in [1.82, 2.24) is 19.6 Å². The van der Waals surface area contributed by atoms with E-state index in [1.165, 1.54) is 17.0 Å². The maximum absolute atomic E-state index is 15.1. The topological polar surface area (TPSA) is 79.7 Å². The molecule has 0 saturated carbocycles. The minimum absolute atomic E-state index is 0.0238. The molecule has 0 spiro atoms. The van der Waals surface area contributed by atoms with Gasteiger partial charge in [0.25, 0.3) is 6.43 Å². The van der Waals surface area contributed by atoms with E-state index in [0.29, 0.717) is 30.4 Å². The summed E-state index contributed by atoms with van der Waals surface area (Å²) < 4.78 is 48.8. The number of nitrogens with one attached hydrogen (secondary N) is 1. The monoisotopic (exact) mass is 481 g/mol. The van der Waals surface area contributed by atoms with Crippen molar-refractivity contribution in [2.24, 2.45) is 0 Å². The Hall–Kier alpha value is -2.82. The maximum atomic E-state index is 15.1. The molecule has 34 heavy (non-hydrogen) atoms. The van der Waals surface area contributed by atoms with Gasteiger partial charge in [0.05, 0.1) is 30.3 Å². The molecule has 3 heterocycles. The normalized spacial score (nSPS) is 19.3. The smallest absolute Gasteiger partial charge is 0.410 e. The zero-order valence-corrected chi connectivity index (χ0v) is 19.6. The summed E-state index contributed by atoms with van der Waals surface area (Å²) >= 11 is 0. The highest BCUT2D eigenvalue weighted by molar-refractivity contribution is 5.87. The van der Waals surface area contributed by atoms with Crippen molar-refractivity contribution in [2.45, 2.75) is 57.3 Å². The fourth-order valence-electron chi connectivity index (χ4n) is 4.60. The number of benzene rings is 1. The summed E-state index contributed by atoms with van der Waals surface area (Å²) in [7, 11) is 0.